The minimum atomic E-state index is -0.847. The van der Waals surface area contributed by atoms with Crippen LogP contribution < -0.4 is 11.1 Å². The molecule has 2 heterocycles. The van der Waals surface area contributed by atoms with Crippen molar-refractivity contribution in [3.63, 3.8) is 0 Å². The van der Waals surface area contributed by atoms with Crippen LogP contribution in [-0.4, -0.2) is 23.7 Å². The maximum Gasteiger partial charge on any atom is 0.212 e. The first-order valence-electron chi connectivity index (χ1n) is 5.30. The molecule has 1 aromatic heterocycles. The summed E-state index contributed by atoms with van der Waals surface area (Å²) >= 11 is 0. The molecule has 3 nitrogen and oxygen atoms in total. The zero-order valence-corrected chi connectivity index (χ0v) is 9.34. The van der Waals surface area contributed by atoms with Gasteiger partial charge in [0.25, 0.3) is 0 Å². The number of hydrogen-bond acceptors (Lipinski definition) is 3. The van der Waals surface area contributed by atoms with Crippen molar-refractivity contribution in [3.05, 3.63) is 29.8 Å². The van der Waals surface area contributed by atoms with Crippen LogP contribution in [0.5, 0.6) is 0 Å². The van der Waals surface area contributed by atoms with Gasteiger partial charge in [-0.1, -0.05) is 13.0 Å². The highest BCUT2D eigenvalue weighted by Crippen LogP contribution is 2.19. The highest BCUT2D eigenvalue weighted by Gasteiger charge is 2.34. The Kier molecular flexibility index (Phi) is 4.76. The number of nitrogens with two attached hydrogens (primary N) is 1. The third kappa shape index (κ3) is 3.83. The molecule has 0 atom stereocenters. The van der Waals surface area contributed by atoms with Crippen LogP contribution in [0.1, 0.15) is 18.9 Å². The molecule has 3 N–H and O–H groups in total. The van der Waals surface area contributed by atoms with Gasteiger partial charge in [-0.15, -0.1) is 0 Å². The van der Waals surface area contributed by atoms with Crippen molar-refractivity contribution in [2.45, 2.75) is 25.6 Å². The van der Waals surface area contributed by atoms with Crippen molar-refractivity contribution in [1.29, 1.82) is 0 Å². The van der Waals surface area contributed by atoms with E-state index in [4.69, 9.17) is 5.73 Å². The maximum absolute atomic E-state index is 12.6. The summed E-state index contributed by atoms with van der Waals surface area (Å²) in [6.45, 7) is 3.40. The Balaban J connectivity index is 0.000000165. The molecule has 16 heavy (non-hydrogen) atoms. The summed E-state index contributed by atoms with van der Waals surface area (Å²) in [5.74, 6) is -0.466. The van der Waals surface area contributed by atoms with E-state index in [1.54, 1.807) is 6.07 Å². The predicted octanol–water partition coefficient (Wildman–Crippen LogP) is 1.39. The fourth-order valence-corrected chi connectivity index (χ4v) is 1.17. The maximum atomic E-state index is 12.6. The zero-order chi connectivity index (χ0) is 12.0. The van der Waals surface area contributed by atoms with E-state index in [0.717, 1.165) is 5.56 Å². The molecule has 2 rings (SSSR count). The number of nitrogens with one attached hydrogen (secondary N) is 1. The van der Waals surface area contributed by atoms with Crippen LogP contribution >= 0.6 is 0 Å². The molecule has 0 aliphatic carbocycles. The number of aromatic nitrogens is 1. The third-order valence-electron chi connectivity index (χ3n) is 2.54. The lowest BCUT2D eigenvalue weighted by molar-refractivity contribution is 0.0864. The van der Waals surface area contributed by atoms with Gasteiger partial charge in [0.1, 0.15) is 5.67 Å². The average Bonchev–Trinajstić information content (AvgIpc) is 2.28. The van der Waals surface area contributed by atoms with E-state index >= 15 is 0 Å². The van der Waals surface area contributed by atoms with Gasteiger partial charge in [-0.05, 0) is 18.1 Å². The van der Waals surface area contributed by atoms with Crippen molar-refractivity contribution in [2.24, 2.45) is 5.73 Å². The minimum Gasteiger partial charge on any atom is -0.326 e. The molecule has 0 saturated carbocycles. The van der Waals surface area contributed by atoms with Crippen LogP contribution in [0.2, 0.25) is 0 Å². The number of alkyl halides is 1. The lowest BCUT2D eigenvalue weighted by Gasteiger charge is -2.33. The molecular weight excluding hydrogens is 212 g/mol. The van der Waals surface area contributed by atoms with Crippen LogP contribution in [0.25, 0.3) is 0 Å². The molecule has 0 spiro atoms. The number of pyridine rings is 1. The minimum absolute atomic E-state index is 0.410. The van der Waals surface area contributed by atoms with Gasteiger partial charge in [-0.3, -0.25) is 0 Å². The first-order chi connectivity index (χ1) is 7.59. The van der Waals surface area contributed by atoms with E-state index < -0.39 is 11.6 Å². The van der Waals surface area contributed by atoms with E-state index in [-0.39, 0.29) is 0 Å². The van der Waals surface area contributed by atoms with Crippen LogP contribution in [0.4, 0.5) is 8.78 Å². The predicted molar refractivity (Wildman–Crippen MR) is 59.1 cm³/mol. The van der Waals surface area contributed by atoms with Gasteiger partial charge in [0.2, 0.25) is 5.95 Å². The van der Waals surface area contributed by atoms with Crippen LogP contribution in [0.3, 0.4) is 0 Å². The number of halogens is 2. The number of rotatable bonds is 2. The molecule has 90 valence electrons. The highest BCUT2D eigenvalue weighted by atomic mass is 19.1. The molecule has 1 aliphatic heterocycles. The van der Waals surface area contributed by atoms with Crippen molar-refractivity contribution < 1.29 is 8.78 Å². The highest BCUT2D eigenvalue weighted by molar-refractivity contribution is 5.08. The van der Waals surface area contributed by atoms with Gasteiger partial charge in [-0.25, -0.2) is 9.37 Å². The third-order valence-corrected chi connectivity index (χ3v) is 2.54. The zero-order valence-electron chi connectivity index (χ0n) is 9.34. The molecule has 1 aliphatic rings. The second-order valence-corrected chi connectivity index (χ2v) is 3.80. The van der Waals surface area contributed by atoms with Crippen LogP contribution in [-0.2, 0) is 6.54 Å². The normalized spacial score (nSPS) is 17.0. The lowest BCUT2D eigenvalue weighted by Crippen LogP contribution is -2.55. The Bertz CT molecular complexity index is 304. The number of hydrogen-bond donors (Lipinski definition) is 2. The van der Waals surface area contributed by atoms with Crippen molar-refractivity contribution in [1.82, 2.24) is 10.3 Å². The Morgan fingerprint density at radius 3 is 2.44 bits per heavy atom. The second kappa shape index (κ2) is 5.86. The molecule has 1 aromatic rings. The molecule has 5 heteroatoms. The van der Waals surface area contributed by atoms with Crippen molar-refractivity contribution in [2.75, 3.05) is 13.1 Å². The van der Waals surface area contributed by atoms with E-state index in [0.29, 0.717) is 26.1 Å². The topological polar surface area (TPSA) is 50.9 Å². The van der Waals surface area contributed by atoms with E-state index in [1.807, 2.05) is 6.92 Å². The summed E-state index contributed by atoms with van der Waals surface area (Å²) in [5.41, 5.74) is 5.23. The molecule has 0 amide bonds. The Labute approximate surface area is 94.1 Å². The molecule has 0 aromatic carbocycles. The molecule has 1 fully saturated rings. The summed E-state index contributed by atoms with van der Waals surface area (Å²) in [6, 6.07) is 2.91. The molecular formula is C11H17F2N3. The smallest absolute Gasteiger partial charge is 0.212 e. The summed E-state index contributed by atoms with van der Waals surface area (Å²) in [4.78, 5) is 3.40. The largest absolute Gasteiger partial charge is 0.326 e. The van der Waals surface area contributed by atoms with Gasteiger partial charge >= 0.3 is 0 Å². The summed E-state index contributed by atoms with van der Waals surface area (Å²) in [7, 11) is 0. The fourth-order valence-electron chi connectivity index (χ4n) is 1.17. The Hall–Kier alpha value is -1.07. The van der Waals surface area contributed by atoms with Crippen LogP contribution in [0, 0.1) is 5.95 Å². The van der Waals surface area contributed by atoms with Crippen LogP contribution in [0.15, 0.2) is 18.3 Å². The molecule has 0 radical (unpaired) electrons. The van der Waals surface area contributed by atoms with E-state index in [2.05, 4.69) is 10.3 Å². The molecule has 1 saturated heterocycles. The van der Waals surface area contributed by atoms with E-state index in [9.17, 15) is 8.78 Å². The standard InChI is InChI=1S/C6H7FN2.C5H10FN/c7-6-2-1-5(3-8)4-9-6;1-2-5(6)3-7-4-5/h1-2,4H,3,8H2;7H,2-4H2,1H3. The van der Waals surface area contributed by atoms with Gasteiger partial charge in [0.05, 0.1) is 0 Å². The molecule has 0 unspecified atom stereocenters. The Morgan fingerprint density at radius 2 is 2.19 bits per heavy atom. The van der Waals surface area contributed by atoms with Gasteiger partial charge in [0, 0.05) is 25.8 Å². The van der Waals surface area contributed by atoms with E-state index in [1.165, 1.54) is 12.3 Å². The fraction of sp³-hybridized carbons (Fsp3) is 0.545. The summed E-state index contributed by atoms with van der Waals surface area (Å²) in [6.07, 6.45) is 2.08. The average molecular weight is 229 g/mol. The SMILES string of the molecule is CCC1(F)CNC1.NCc1ccc(F)nc1. The number of nitrogens with zero attached hydrogens (tertiary/aromatic N) is 1. The first-order valence-corrected chi connectivity index (χ1v) is 5.30. The summed E-state index contributed by atoms with van der Waals surface area (Å²) in [5, 5.41) is 2.88. The van der Waals surface area contributed by atoms with Gasteiger partial charge in [-0.2, -0.15) is 4.39 Å². The lowest BCUT2D eigenvalue weighted by atomic mass is 9.97. The van der Waals surface area contributed by atoms with Gasteiger partial charge in [0.15, 0.2) is 0 Å². The molecule has 0 bridgehead atoms. The quantitative estimate of drug-likeness (QED) is 0.753. The Morgan fingerprint density at radius 1 is 1.50 bits per heavy atom. The van der Waals surface area contributed by atoms with Crippen molar-refractivity contribution >= 4 is 0 Å². The summed E-state index contributed by atoms with van der Waals surface area (Å²) < 4.78 is 24.6. The monoisotopic (exact) mass is 229 g/mol. The second-order valence-electron chi connectivity index (χ2n) is 3.80. The first kappa shape index (κ1) is 13.0. The van der Waals surface area contributed by atoms with Crippen molar-refractivity contribution in [3.8, 4) is 0 Å². The van der Waals surface area contributed by atoms with Gasteiger partial charge < -0.3 is 11.1 Å².